The van der Waals surface area contributed by atoms with E-state index in [-0.39, 0.29) is 22.2 Å². The van der Waals surface area contributed by atoms with Gasteiger partial charge >= 0.3 is 0 Å². The lowest BCUT2D eigenvalue weighted by Gasteiger charge is -2.32. The summed E-state index contributed by atoms with van der Waals surface area (Å²) in [6.45, 7) is 4.11. The van der Waals surface area contributed by atoms with E-state index >= 15 is 0 Å². The molecule has 0 unspecified atom stereocenters. The Morgan fingerprint density at radius 1 is 1.29 bits per heavy atom. The van der Waals surface area contributed by atoms with E-state index in [1.54, 1.807) is 0 Å². The average molecular weight is 312 g/mol. The summed E-state index contributed by atoms with van der Waals surface area (Å²) in [5, 5.41) is 0.628. The first-order valence-electron chi connectivity index (χ1n) is 6.84. The predicted molar refractivity (Wildman–Crippen MR) is 82.6 cm³/mol. The zero-order valence-electron chi connectivity index (χ0n) is 11.9. The monoisotopic (exact) mass is 312 g/mol. The van der Waals surface area contributed by atoms with Gasteiger partial charge in [-0.3, -0.25) is 9.59 Å². The maximum Gasteiger partial charge on any atom is 0.260 e. The zero-order chi connectivity index (χ0) is 15.6. The van der Waals surface area contributed by atoms with Gasteiger partial charge in [-0.1, -0.05) is 0 Å². The van der Waals surface area contributed by atoms with Crippen molar-refractivity contribution < 1.29 is 14.3 Å². The van der Waals surface area contributed by atoms with E-state index < -0.39 is 11.8 Å². The molecule has 0 saturated carbocycles. The first-order valence-corrected chi connectivity index (χ1v) is 7.65. The van der Waals surface area contributed by atoms with Crippen LogP contribution in [0.4, 0.5) is 10.7 Å². The minimum Gasteiger partial charge on any atom is -0.397 e. The highest BCUT2D eigenvalue weighted by atomic mass is 32.1. The molecule has 21 heavy (non-hydrogen) atoms. The second-order valence-electron chi connectivity index (χ2n) is 4.90. The molecule has 0 atom stereocenters. The fourth-order valence-electron chi connectivity index (χ4n) is 2.54. The van der Waals surface area contributed by atoms with E-state index in [9.17, 15) is 9.59 Å². The number of ether oxygens (including phenoxy) is 1. The molecular weight excluding hydrogens is 292 g/mol. The second-order valence-corrected chi connectivity index (χ2v) is 5.89. The van der Waals surface area contributed by atoms with E-state index in [1.807, 2.05) is 11.8 Å². The molecule has 1 saturated heterocycles. The summed E-state index contributed by atoms with van der Waals surface area (Å²) in [6, 6.07) is 0. The third-order valence-electron chi connectivity index (χ3n) is 3.53. The van der Waals surface area contributed by atoms with Gasteiger partial charge in [0.2, 0.25) is 0 Å². The minimum atomic E-state index is -0.643. The van der Waals surface area contributed by atoms with E-state index in [2.05, 4.69) is 0 Å². The highest BCUT2D eigenvalue weighted by Crippen LogP contribution is 2.39. The van der Waals surface area contributed by atoms with Crippen LogP contribution in [0.15, 0.2) is 0 Å². The van der Waals surface area contributed by atoms with Gasteiger partial charge in [-0.2, -0.15) is 0 Å². The number of hydrogen-bond acceptors (Lipinski definition) is 6. The van der Waals surface area contributed by atoms with Crippen molar-refractivity contribution in [2.75, 3.05) is 30.3 Å². The van der Waals surface area contributed by atoms with Crippen molar-refractivity contribution in [3.8, 4) is 0 Å². The Hall–Kier alpha value is -1.80. The van der Waals surface area contributed by atoms with E-state index in [0.717, 1.165) is 37.3 Å². The quantitative estimate of drug-likeness (QED) is 0.731. The van der Waals surface area contributed by atoms with Gasteiger partial charge in [0.05, 0.1) is 17.4 Å². The number of rotatable bonds is 5. The van der Waals surface area contributed by atoms with Crippen LogP contribution < -0.4 is 22.1 Å². The van der Waals surface area contributed by atoms with Crippen molar-refractivity contribution in [3.63, 3.8) is 0 Å². The van der Waals surface area contributed by atoms with Crippen LogP contribution in [-0.2, 0) is 4.74 Å². The van der Waals surface area contributed by atoms with Gasteiger partial charge < -0.3 is 26.8 Å². The highest BCUT2D eigenvalue weighted by Gasteiger charge is 2.28. The van der Waals surface area contributed by atoms with Crippen LogP contribution >= 0.6 is 11.3 Å². The van der Waals surface area contributed by atoms with Crippen LogP contribution in [0.3, 0.4) is 0 Å². The number of thiophene rings is 1. The molecule has 0 aliphatic carbocycles. The smallest absolute Gasteiger partial charge is 0.260 e. The SMILES string of the molecule is CCOC1CCN(c2sc(C(N)=O)c(N)c2C(N)=O)CC1. The average Bonchev–Trinajstić information content (AvgIpc) is 2.78. The molecule has 1 aromatic heterocycles. The first-order chi connectivity index (χ1) is 9.95. The number of nitrogens with two attached hydrogens (primary N) is 3. The standard InChI is InChI=1S/C13H20N4O3S/c1-2-20-7-3-5-17(6-4-7)13-8(11(15)18)9(14)10(21-13)12(16)19/h7H,2-6,14H2,1H3,(H2,15,18)(H2,16,19). The van der Waals surface area contributed by atoms with Crippen LogP contribution in [0, 0.1) is 0 Å². The largest absolute Gasteiger partial charge is 0.397 e. The van der Waals surface area contributed by atoms with Crippen LogP contribution in [0.5, 0.6) is 0 Å². The van der Waals surface area contributed by atoms with Crippen molar-refractivity contribution in [1.82, 2.24) is 0 Å². The number of hydrogen-bond donors (Lipinski definition) is 3. The lowest BCUT2D eigenvalue weighted by molar-refractivity contribution is 0.0460. The van der Waals surface area contributed by atoms with Gasteiger partial charge in [0.15, 0.2) is 0 Å². The fraction of sp³-hybridized carbons (Fsp3) is 0.538. The topological polar surface area (TPSA) is 125 Å². The summed E-state index contributed by atoms with van der Waals surface area (Å²) in [5.74, 6) is -1.28. The van der Waals surface area contributed by atoms with Gasteiger partial charge in [-0.25, -0.2) is 0 Å². The Morgan fingerprint density at radius 3 is 2.38 bits per heavy atom. The van der Waals surface area contributed by atoms with Crippen LogP contribution in [0.1, 0.15) is 39.8 Å². The lowest BCUT2D eigenvalue weighted by atomic mass is 10.1. The molecular formula is C13H20N4O3S. The van der Waals surface area contributed by atoms with Crippen molar-refractivity contribution in [2.45, 2.75) is 25.9 Å². The number of anilines is 2. The summed E-state index contributed by atoms with van der Waals surface area (Å²) < 4.78 is 5.60. The zero-order valence-corrected chi connectivity index (χ0v) is 12.7. The molecule has 0 radical (unpaired) electrons. The van der Waals surface area contributed by atoms with Gasteiger partial charge in [-0.15, -0.1) is 11.3 Å². The van der Waals surface area contributed by atoms with E-state index in [4.69, 9.17) is 21.9 Å². The van der Waals surface area contributed by atoms with Crippen molar-refractivity contribution in [1.29, 1.82) is 0 Å². The first kappa shape index (κ1) is 15.6. The maximum absolute atomic E-state index is 11.6. The molecule has 0 bridgehead atoms. The molecule has 2 amide bonds. The number of piperidine rings is 1. The van der Waals surface area contributed by atoms with Crippen LogP contribution in [0.25, 0.3) is 0 Å². The molecule has 6 N–H and O–H groups in total. The second kappa shape index (κ2) is 6.31. The van der Waals surface area contributed by atoms with Crippen LogP contribution in [-0.4, -0.2) is 37.6 Å². The maximum atomic E-state index is 11.6. The Labute approximate surface area is 127 Å². The minimum absolute atomic E-state index is 0.0851. The fourth-order valence-corrected chi connectivity index (χ4v) is 3.67. The Morgan fingerprint density at radius 2 is 1.90 bits per heavy atom. The highest BCUT2D eigenvalue weighted by molar-refractivity contribution is 7.19. The normalized spacial score (nSPS) is 16.1. The molecule has 1 aliphatic rings. The third-order valence-corrected chi connectivity index (χ3v) is 4.81. The number of carbonyl (C=O) groups is 2. The Bertz CT molecular complexity index is 550. The van der Waals surface area contributed by atoms with Gasteiger partial charge in [0.25, 0.3) is 11.8 Å². The number of nitrogen functional groups attached to an aromatic ring is 1. The Balaban J connectivity index is 2.26. The summed E-state index contributed by atoms with van der Waals surface area (Å²) >= 11 is 1.13. The molecule has 7 nitrogen and oxygen atoms in total. The number of nitrogens with zero attached hydrogens (tertiary/aromatic N) is 1. The molecule has 2 rings (SSSR count). The number of amides is 2. The number of carbonyl (C=O) groups excluding carboxylic acids is 2. The molecule has 1 aliphatic heterocycles. The molecule has 0 aromatic carbocycles. The molecule has 2 heterocycles. The van der Waals surface area contributed by atoms with Crippen molar-refractivity contribution in [3.05, 3.63) is 10.4 Å². The summed E-state index contributed by atoms with van der Waals surface area (Å²) in [4.78, 5) is 25.2. The van der Waals surface area contributed by atoms with E-state index in [0.29, 0.717) is 11.6 Å². The van der Waals surface area contributed by atoms with Gasteiger partial charge in [0, 0.05) is 19.7 Å². The van der Waals surface area contributed by atoms with Crippen LogP contribution in [0.2, 0.25) is 0 Å². The third kappa shape index (κ3) is 3.11. The van der Waals surface area contributed by atoms with E-state index in [1.165, 1.54) is 0 Å². The molecule has 1 aromatic rings. The summed E-state index contributed by atoms with van der Waals surface area (Å²) in [7, 11) is 0. The summed E-state index contributed by atoms with van der Waals surface area (Å²) in [5.41, 5.74) is 16.8. The predicted octanol–water partition coefficient (Wildman–Crippen LogP) is 0.533. The molecule has 0 spiro atoms. The molecule has 116 valence electrons. The Kier molecular flexibility index (Phi) is 4.69. The van der Waals surface area contributed by atoms with Crippen molar-refractivity contribution in [2.24, 2.45) is 11.5 Å². The van der Waals surface area contributed by atoms with Crippen molar-refractivity contribution >= 4 is 33.8 Å². The van der Waals surface area contributed by atoms with Gasteiger partial charge in [0.1, 0.15) is 9.88 Å². The number of primary amides is 2. The molecule has 8 heteroatoms. The summed E-state index contributed by atoms with van der Waals surface area (Å²) in [6.07, 6.45) is 1.95. The molecule has 1 fully saturated rings. The lowest BCUT2D eigenvalue weighted by Crippen LogP contribution is -2.37. The van der Waals surface area contributed by atoms with Gasteiger partial charge in [-0.05, 0) is 19.8 Å².